The van der Waals surface area contributed by atoms with Crippen LogP contribution in [0.2, 0.25) is 0 Å². The molecule has 4 nitrogen and oxygen atoms in total. The van der Waals surface area contributed by atoms with Gasteiger partial charge in [0, 0.05) is 24.6 Å². The molecule has 0 amide bonds. The van der Waals surface area contributed by atoms with Crippen LogP contribution in [0, 0.1) is 11.8 Å². The highest BCUT2D eigenvalue weighted by Crippen LogP contribution is 2.28. The number of nitrogens with zero attached hydrogens (tertiary/aromatic N) is 1. The van der Waals surface area contributed by atoms with Crippen molar-refractivity contribution in [3.63, 3.8) is 0 Å². The molecule has 2 aromatic rings. The molecule has 1 aliphatic carbocycles. The van der Waals surface area contributed by atoms with Crippen LogP contribution < -0.4 is 11.0 Å². The third-order valence-corrected chi connectivity index (χ3v) is 4.52. The van der Waals surface area contributed by atoms with E-state index in [0.29, 0.717) is 0 Å². The molecular formula is C17H23N3O. The van der Waals surface area contributed by atoms with Gasteiger partial charge in [-0.3, -0.25) is 4.57 Å². The molecule has 21 heavy (non-hydrogen) atoms. The van der Waals surface area contributed by atoms with E-state index in [1.54, 1.807) is 17.0 Å². The van der Waals surface area contributed by atoms with Crippen LogP contribution in [0.1, 0.15) is 32.6 Å². The van der Waals surface area contributed by atoms with Gasteiger partial charge in [-0.1, -0.05) is 19.8 Å². The van der Waals surface area contributed by atoms with Crippen LogP contribution in [-0.4, -0.2) is 16.1 Å². The van der Waals surface area contributed by atoms with Gasteiger partial charge in [-0.25, -0.2) is 4.79 Å². The number of aromatic amines is 1. The molecule has 0 bridgehead atoms. The van der Waals surface area contributed by atoms with Crippen molar-refractivity contribution < 1.29 is 0 Å². The highest BCUT2D eigenvalue weighted by molar-refractivity contribution is 5.48. The van der Waals surface area contributed by atoms with Crippen molar-refractivity contribution >= 4 is 5.69 Å². The number of H-pyrrole nitrogens is 1. The lowest BCUT2D eigenvalue weighted by molar-refractivity contribution is 0.300. The number of hydrogen-bond acceptors (Lipinski definition) is 2. The van der Waals surface area contributed by atoms with Crippen LogP contribution in [0.15, 0.2) is 41.5 Å². The van der Waals surface area contributed by atoms with Gasteiger partial charge in [-0.15, -0.1) is 0 Å². The van der Waals surface area contributed by atoms with Crippen LogP contribution in [-0.2, 0) is 0 Å². The molecular weight excluding hydrogens is 262 g/mol. The maximum atomic E-state index is 11.6. The van der Waals surface area contributed by atoms with Gasteiger partial charge in [0.15, 0.2) is 0 Å². The molecule has 0 aliphatic heterocycles. The van der Waals surface area contributed by atoms with E-state index in [2.05, 4.69) is 17.2 Å². The molecule has 2 N–H and O–H groups in total. The molecule has 1 aromatic carbocycles. The molecule has 0 unspecified atom stereocenters. The summed E-state index contributed by atoms with van der Waals surface area (Å²) in [6.07, 6.45) is 8.80. The third-order valence-electron chi connectivity index (χ3n) is 4.52. The molecule has 0 atom stereocenters. The van der Waals surface area contributed by atoms with E-state index < -0.39 is 0 Å². The number of hydrogen-bond donors (Lipinski definition) is 2. The van der Waals surface area contributed by atoms with Gasteiger partial charge < -0.3 is 10.3 Å². The van der Waals surface area contributed by atoms with Gasteiger partial charge in [-0.2, -0.15) is 0 Å². The maximum Gasteiger partial charge on any atom is 0.330 e. The second-order valence-corrected chi connectivity index (χ2v) is 6.19. The smallest absolute Gasteiger partial charge is 0.330 e. The van der Waals surface area contributed by atoms with Gasteiger partial charge in [-0.05, 0) is 48.9 Å². The van der Waals surface area contributed by atoms with Crippen LogP contribution in [0.3, 0.4) is 0 Å². The minimum atomic E-state index is -0.105. The minimum absolute atomic E-state index is 0.105. The first-order chi connectivity index (χ1) is 10.2. The minimum Gasteiger partial charge on any atom is -0.385 e. The largest absolute Gasteiger partial charge is 0.385 e. The fourth-order valence-electron chi connectivity index (χ4n) is 3.06. The number of benzene rings is 1. The van der Waals surface area contributed by atoms with E-state index in [0.717, 1.165) is 29.8 Å². The molecule has 1 saturated carbocycles. The van der Waals surface area contributed by atoms with Crippen molar-refractivity contribution in [2.45, 2.75) is 32.6 Å². The number of rotatable bonds is 4. The lowest BCUT2D eigenvalue weighted by Crippen LogP contribution is -2.20. The van der Waals surface area contributed by atoms with E-state index in [9.17, 15) is 4.79 Å². The first-order valence-electron chi connectivity index (χ1n) is 7.83. The number of anilines is 1. The zero-order chi connectivity index (χ0) is 14.7. The summed E-state index contributed by atoms with van der Waals surface area (Å²) in [6.45, 7) is 3.40. The fraction of sp³-hybridized carbons (Fsp3) is 0.471. The summed E-state index contributed by atoms with van der Waals surface area (Å²) in [5, 5.41) is 3.52. The number of nitrogens with one attached hydrogen (secondary N) is 2. The molecule has 112 valence electrons. The Hall–Kier alpha value is -1.97. The number of aromatic nitrogens is 2. The van der Waals surface area contributed by atoms with Crippen LogP contribution in [0.4, 0.5) is 5.69 Å². The lowest BCUT2D eigenvalue weighted by Gasteiger charge is -2.26. The Balaban J connectivity index is 1.58. The lowest BCUT2D eigenvalue weighted by atomic mass is 9.83. The van der Waals surface area contributed by atoms with E-state index in [4.69, 9.17) is 0 Å². The first-order valence-corrected chi connectivity index (χ1v) is 7.83. The standard InChI is InChI=1S/C17H23N3O/c1-13-2-4-14(5-3-13)12-19-15-6-8-16(9-7-15)20-11-10-18-17(20)21/h6-11,13-14,19H,2-5,12H2,1H3,(H,18,21). The van der Waals surface area contributed by atoms with Crippen LogP contribution in [0.5, 0.6) is 0 Å². The molecule has 1 aliphatic rings. The second-order valence-electron chi connectivity index (χ2n) is 6.19. The molecule has 1 aromatic heterocycles. The zero-order valence-corrected chi connectivity index (χ0v) is 12.5. The third kappa shape index (κ3) is 3.38. The van der Waals surface area contributed by atoms with E-state index in [1.807, 2.05) is 24.3 Å². The van der Waals surface area contributed by atoms with Crippen molar-refractivity contribution in [2.75, 3.05) is 11.9 Å². The maximum absolute atomic E-state index is 11.6. The fourth-order valence-corrected chi connectivity index (χ4v) is 3.06. The molecule has 3 rings (SSSR count). The van der Waals surface area contributed by atoms with Crippen LogP contribution in [0.25, 0.3) is 5.69 Å². The summed E-state index contributed by atoms with van der Waals surface area (Å²) >= 11 is 0. The number of imidazole rings is 1. The monoisotopic (exact) mass is 285 g/mol. The van der Waals surface area contributed by atoms with Crippen molar-refractivity contribution in [3.8, 4) is 5.69 Å². The predicted octanol–water partition coefficient (Wildman–Crippen LogP) is 3.40. The summed E-state index contributed by atoms with van der Waals surface area (Å²) in [4.78, 5) is 14.2. The Bertz CT molecular complexity index is 618. The topological polar surface area (TPSA) is 49.8 Å². The first kappa shape index (κ1) is 14.0. The Kier molecular flexibility index (Phi) is 4.13. The van der Waals surface area contributed by atoms with E-state index in [-0.39, 0.29) is 5.69 Å². The Morgan fingerprint density at radius 2 is 1.90 bits per heavy atom. The molecule has 0 saturated heterocycles. The molecule has 0 radical (unpaired) electrons. The van der Waals surface area contributed by atoms with E-state index >= 15 is 0 Å². The summed E-state index contributed by atoms with van der Waals surface area (Å²) in [5.74, 6) is 1.70. The second kappa shape index (κ2) is 6.20. The highest BCUT2D eigenvalue weighted by Gasteiger charge is 2.17. The SMILES string of the molecule is CC1CCC(CNc2ccc(-n3cc[nH]c3=O)cc2)CC1. The van der Waals surface area contributed by atoms with Gasteiger partial charge in [0.1, 0.15) is 0 Å². The quantitative estimate of drug-likeness (QED) is 0.904. The average Bonchev–Trinajstić information content (AvgIpc) is 2.93. The van der Waals surface area contributed by atoms with E-state index in [1.165, 1.54) is 25.7 Å². The summed E-state index contributed by atoms with van der Waals surface area (Å²) in [5.41, 5.74) is 1.91. The molecule has 4 heteroatoms. The van der Waals surface area contributed by atoms with Crippen molar-refractivity contribution in [2.24, 2.45) is 11.8 Å². The van der Waals surface area contributed by atoms with Gasteiger partial charge in [0.05, 0.1) is 5.69 Å². The Labute approximate surface area is 125 Å². The summed E-state index contributed by atoms with van der Waals surface area (Å²) in [7, 11) is 0. The Morgan fingerprint density at radius 1 is 1.19 bits per heavy atom. The van der Waals surface area contributed by atoms with Gasteiger partial charge in [0.25, 0.3) is 0 Å². The van der Waals surface area contributed by atoms with Crippen LogP contribution >= 0.6 is 0 Å². The molecule has 1 fully saturated rings. The average molecular weight is 285 g/mol. The van der Waals surface area contributed by atoms with Crippen molar-refractivity contribution in [3.05, 3.63) is 47.1 Å². The Morgan fingerprint density at radius 3 is 2.52 bits per heavy atom. The predicted molar refractivity (Wildman–Crippen MR) is 86.0 cm³/mol. The van der Waals surface area contributed by atoms with Crippen molar-refractivity contribution in [1.82, 2.24) is 9.55 Å². The molecule has 0 spiro atoms. The molecule has 1 heterocycles. The summed E-state index contributed by atoms with van der Waals surface area (Å²) in [6, 6.07) is 8.03. The highest BCUT2D eigenvalue weighted by atomic mass is 16.1. The van der Waals surface area contributed by atoms with Gasteiger partial charge >= 0.3 is 5.69 Å². The summed E-state index contributed by atoms with van der Waals surface area (Å²) < 4.78 is 1.60. The zero-order valence-electron chi connectivity index (χ0n) is 12.5. The van der Waals surface area contributed by atoms with Gasteiger partial charge in [0.2, 0.25) is 0 Å². The van der Waals surface area contributed by atoms with Crippen molar-refractivity contribution in [1.29, 1.82) is 0 Å². The normalized spacial score (nSPS) is 22.1.